The van der Waals surface area contributed by atoms with E-state index in [1.165, 1.54) is 21.7 Å². The summed E-state index contributed by atoms with van der Waals surface area (Å²) in [6.45, 7) is 5.70. The van der Waals surface area contributed by atoms with Crippen molar-refractivity contribution >= 4 is 59.6 Å². The van der Waals surface area contributed by atoms with Crippen molar-refractivity contribution in [2.24, 2.45) is 16.6 Å². The van der Waals surface area contributed by atoms with Gasteiger partial charge in [-0.15, -0.1) is 11.8 Å². The highest BCUT2D eigenvalue weighted by atomic mass is 32.2. The van der Waals surface area contributed by atoms with Gasteiger partial charge in [-0.1, -0.05) is 56.0 Å². The number of hydrogen-bond donors (Lipinski definition) is 6. The van der Waals surface area contributed by atoms with Crippen molar-refractivity contribution < 1.29 is 33.6 Å². The molecule has 6 amide bonds. The molecule has 1 saturated heterocycles. The van der Waals surface area contributed by atoms with Crippen LogP contribution in [0.15, 0.2) is 76.4 Å². The molecule has 0 aliphatic carbocycles. The summed E-state index contributed by atoms with van der Waals surface area (Å²) in [5.74, 6) is 5.28. The van der Waals surface area contributed by atoms with Gasteiger partial charge in [0.15, 0.2) is 0 Å². The maximum Gasteiger partial charge on any atom is 0.243 e. The van der Waals surface area contributed by atoms with Gasteiger partial charge in [0.25, 0.3) is 0 Å². The van der Waals surface area contributed by atoms with Gasteiger partial charge in [0.05, 0.1) is 24.1 Å². The molecule has 1 unspecified atom stereocenters. The zero-order chi connectivity index (χ0) is 43.4. The van der Waals surface area contributed by atoms with Gasteiger partial charge in [-0.2, -0.15) is 0 Å². The van der Waals surface area contributed by atoms with E-state index in [-0.39, 0.29) is 55.0 Å². The molecule has 17 heteroatoms. The maximum atomic E-state index is 13.1. The number of amides is 6. The van der Waals surface area contributed by atoms with Crippen LogP contribution >= 0.6 is 11.8 Å². The Morgan fingerprint density at radius 2 is 1.43 bits per heavy atom. The van der Waals surface area contributed by atoms with Gasteiger partial charge in [-0.3, -0.25) is 43.5 Å². The summed E-state index contributed by atoms with van der Waals surface area (Å²) >= 11 is 1.35. The number of benzene rings is 2. The number of hydrogen-bond acceptors (Lipinski definition) is 12. The van der Waals surface area contributed by atoms with Crippen LogP contribution in [-0.4, -0.2) is 90.0 Å². The number of likely N-dealkylation sites (tertiary alicyclic amines) is 1. The number of carbonyl (C=O) groups excluding carboxylic acids is 6. The first-order valence-corrected chi connectivity index (χ1v) is 21.7. The van der Waals surface area contributed by atoms with Crippen LogP contribution in [-0.2, 0) is 40.2 Å². The first-order valence-electron chi connectivity index (χ1n) is 20.9. The molecule has 328 valence electrons. The second-order valence-corrected chi connectivity index (χ2v) is 15.8. The Bertz CT molecular complexity index is 1700. The van der Waals surface area contributed by atoms with Gasteiger partial charge >= 0.3 is 0 Å². The van der Waals surface area contributed by atoms with E-state index < -0.39 is 5.25 Å². The Morgan fingerprint density at radius 3 is 2.10 bits per heavy atom. The molecular weight excluding hydrogens is 787 g/mol. The number of carbonyl (C=O) groups is 6. The SMILES string of the molecule is C=N/C(=C\N(N)CCCCCC(=O)NCCN)CNC(=O)CCCCCN1C(=O)CC(Sc2ccc(CONC(=O)CCCCCCC(=O)Nc3ccccc3)cc2)C1=O. The third kappa shape index (κ3) is 20.7. The van der Waals surface area contributed by atoms with Crippen molar-refractivity contribution in [3.05, 3.63) is 72.1 Å². The number of hydroxylamine groups is 1. The molecule has 2 aromatic rings. The molecule has 1 aliphatic rings. The highest BCUT2D eigenvalue weighted by Gasteiger charge is 2.38. The van der Waals surface area contributed by atoms with E-state index in [4.69, 9.17) is 16.4 Å². The third-order valence-electron chi connectivity index (χ3n) is 9.50. The second kappa shape index (κ2) is 29.2. The fraction of sp³-hybridized carbons (Fsp3) is 0.512. The summed E-state index contributed by atoms with van der Waals surface area (Å²) in [7, 11) is 0. The molecule has 1 fully saturated rings. The zero-order valence-electron chi connectivity index (χ0n) is 34.7. The number of imide groups is 1. The molecule has 60 heavy (non-hydrogen) atoms. The second-order valence-electron chi connectivity index (χ2n) is 14.5. The van der Waals surface area contributed by atoms with Crippen LogP contribution in [0.5, 0.6) is 0 Å². The zero-order valence-corrected chi connectivity index (χ0v) is 35.5. The van der Waals surface area contributed by atoms with Crippen LogP contribution < -0.4 is 33.0 Å². The predicted octanol–water partition coefficient (Wildman–Crippen LogP) is 4.46. The first kappa shape index (κ1) is 49.3. The molecule has 3 rings (SSSR count). The molecule has 0 saturated carbocycles. The largest absolute Gasteiger partial charge is 0.355 e. The molecule has 1 aliphatic heterocycles. The molecule has 0 bridgehead atoms. The molecule has 0 spiro atoms. The lowest BCUT2D eigenvalue weighted by Gasteiger charge is -2.15. The smallest absolute Gasteiger partial charge is 0.243 e. The number of nitrogens with zero attached hydrogens (tertiary/aromatic N) is 3. The molecular formula is C43H63N9O7S. The van der Waals surface area contributed by atoms with E-state index in [0.29, 0.717) is 83.2 Å². The average molecular weight is 850 g/mol. The van der Waals surface area contributed by atoms with Gasteiger partial charge in [0, 0.05) is 75.1 Å². The van der Waals surface area contributed by atoms with Gasteiger partial charge < -0.3 is 26.7 Å². The number of nitrogens with one attached hydrogen (secondary N) is 4. The number of unbranched alkanes of at least 4 members (excludes halogenated alkanes) is 7. The third-order valence-corrected chi connectivity index (χ3v) is 10.7. The van der Waals surface area contributed by atoms with Crippen molar-refractivity contribution in [2.45, 2.75) is 113 Å². The highest BCUT2D eigenvalue weighted by molar-refractivity contribution is 8.00. The quantitative estimate of drug-likeness (QED) is 0.0204. The summed E-state index contributed by atoms with van der Waals surface area (Å²) in [6.07, 6.45) is 10.7. The van der Waals surface area contributed by atoms with E-state index in [0.717, 1.165) is 54.7 Å². The van der Waals surface area contributed by atoms with Crippen molar-refractivity contribution in [3.8, 4) is 0 Å². The Hall–Kier alpha value is -5.10. The Morgan fingerprint density at radius 1 is 0.817 bits per heavy atom. The number of anilines is 1. The Kier molecular flexibility index (Phi) is 24.0. The number of nitrogens with two attached hydrogens (primary N) is 2. The number of rotatable bonds is 31. The molecule has 1 atom stereocenters. The van der Waals surface area contributed by atoms with Crippen molar-refractivity contribution in [2.75, 3.05) is 38.0 Å². The summed E-state index contributed by atoms with van der Waals surface area (Å²) in [4.78, 5) is 85.5. The number of hydrazine groups is 1. The number of aliphatic imine (C=N–C) groups is 1. The fourth-order valence-electron chi connectivity index (χ4n) is 6.19. The predicted molar refractivity (Wildman–Crippen MR) is 234 cm³/mol. The van der Waals surface area contributed by atoms with Crippen molar-refractivity contribution in [1.82, 2.24) is 26.0 Å². The lowest BCUT2D eigenvalue weighted by molar-refractivity contribution is -0.138. The average Bonchev–Trinajstić information content (AvgIpc) is 3.50. The van der Waals surface area contributed by atoms with Gasteiger partial charge in [-0.05, 0) is 75.1 Å². The molecule has 0 aromatic heterocycles. The van der Waals surface area contributed by atoms with Crippen LogP contribution in [0.2, 0.25) is 0 Å². The van der Waals surface area contributed by atoms with Gasteiger partial charge in [0.1, 0.15) is 0 Å². The first-order chi connectivity index (χ1) is 29.1. The lowest BCUT2D eigenvalue weighted by Crippen LogP contribution is -2.32. The van der Waals surface area contributed by atoms with E-state index in [1.807, 2.05) is 54.6 Å². The monoisotopic (exact) mass is 849 g/mol. The van der Waals surface area contributed by atoms with E-state index >= 15 is 0 Å². The Balaban J connectivity index is 1.21. The minimum atomic E-state index is -0.499. The van der Waals surface area contributed by atoms with Gasteiger partial charge in [-0.25, -0.2) is 11.3 Å². The van der Waals surface area contributed by atoms with Crippen LogP contribution in [0, 0.1) is 0 Å². The minimum Gasteiger partial charge on any atom is -0.355 e. The standard InChI is InChI=1S/C43H63N9O7S/c1-46-35(31-51(45)27-13-5-11-17-38(53)47-26-25-44)30-48-39(54)18-12-6-14-28-52-42(57)29-37(43(52)58)60-36-23-21-33(22-24-36)32-59-50-41(56)20-10-3-2-9-19-40(55)49-34-15-7-4-8-16-34/h4,7-8,15-16,21-24,31,37H,1-3,5-6,9-14,17-20,25-30,32,44-45H2,(H,47,53)(H,48,54)(H,49,55)(H,50,56)/b35-31-. The van der Waals surface area contributed by atoms with E-state index in [9.17, 15) is 28.8 Å². The van der Waals surface area contributed by atoms with Crippen LogP contribution in [0.1, 0.15) is 102 Å². The highest BCUT2D eigenvalue weighted by Crippen LogP contribution is 2.32. The summed E-state index contributed by atoms with van der Waals surface area (Å²) in [6, 6.07) is 16.8. The molecule has 2 aromatic carbocycles. The number of thioether (sulfide) groups is 1. The topological polar surface area (TPSA) is 231 Å². The molecule has 0 radical (unpaired) electrons. The van der Waals surface area contributed by atoms with Crippen LogP contribution in [0.4, 0.5) is 5.69 Å². The van der Waals surface area contributed by atoms with Crippen LogP contribution in [0.3, 0.4) is 0 Å². The summed E-state index contributed by atoms with van der Waals surface area (Å²) in [5, 5.41) is 9.44. The lowest BCUT2D eigenvalue weighted by atomic mass is 10.1. The van der Waals surface area contributed by atoms with Crippen LogP contribution in [0.25, 0.3) is 0 Å². The maximum absolute atomic E-state index is 13.1. The number of para-hydroxylation sites is 1. The van der Waals surface area contributed by atoms with E-state index in [2.05, 4.69) is 33.1 Å². The normalized spacial score (nSPS) is 13.9. The minimum absolute atomic E-state index is 0.00640. The van der Waals surface area contributed by atoms with E-state index in [1.54, 1.807) is 6.20 Å². The van der Waals surface area contributed by atoms with Gasteiger partial charge in [0.2, 0.25) is 35.4 Å². The molecule has 16 nitrogen and oxygen atoms in total. The summed E-state index contributed by atoms with van der Waals surface area (Å²) < 4.78 is 0. The molecule has 8 N–H and O–H groups in total. The van der Waals surface area contributed by atoms with Crippen molar-refractivity contribution in [1.29, 1.82) is 0 Å². The Labute approximate surface area is 358 Å². The van der Waals surface area contributed by atoms with Crippen molar-refractivity contribution in [3.63, 3.8) is 0 Å². The summed E-state index contributed by atoms with van der Waals surface area (Å²) in [5.41, 5.74) is 10.0. The molecule has 1 heterocycles. The fourth-order valence-corrected chi connectivity index (χ4v) is 7.27.